The van der Waals surface area contributed by atoms with Gasteiger partial charge in [-0.1, -0.05) is 23.7 Å². The molecule has 20 heavy (non-hydrogen) atoms. The van der Waals surface area contributed by atoms with Crippen LogP contribution in [0.4, 0.5) is 0 Å². The maximum Gasteiger partial charge on any atom is 0.326 e. The number of para-hydroxylation sites is 2. The van der Waals surface area contributed by atoms with Crippen LogP contribution in [0.2, 0.25) is 5.02 Å². The third-order valence-corrected chi connectivity index (χ3v) is 3.33. The Balaban J connectivity index is 1.72. The summed E-state index contributed by atoms with van der Waals surface area (Å²) in [7, 11) is 0. The number of fused-ring (bicyclic) bond motifs is 1. The van der Waals surface area contributed by atoms with Gasteiger partial charge in [0, 0.05) is 5.02 Å². The number of hydrogen-bond acceptors (Lipinski definition) is 2. The molecule has 0 amide bonds. The molecule has 0 spiro atoms. The van der Waals surface area contributed by atoms with Crippen LogP contribution in [0.15, 0.2) is 53.3 Å². The second kappa shape index (κ2) is 5.43. The lowest BCUT2D eigenvalue weighted by molar-refractivity contribution is 0.298. The molecule has 1 N–H and O–H groups in total. The van der Waals surface area contributed by atoms with E-state index in [9.17, 15) is 4.79 Å². The Bertz CT molecular complexity index is 774. The fourth-order valence-electron chi connectivity index (χ4n) is 2.11. The molecular weight excluding hydrogens is 276 g/mol. The smallest absolute Gasteiger partial charge is 0.326 e. The molecule has 1 heterocycles. The topological polar surface area (TPSA) is 47.0 Å². The highest BCUT2D eigenvalue weighted by atomic mass is 35.5. The number of aromatic nitrogens is 2. The molecule has 0 bridgehead atoms. The van der Waals surface area contributed by atoms with E-state index in [1.165, 1.54) is 0 Å². The number of aromatic amines is 1. The van der Waals surface area contributed by atoms with E-state index in [4.69, 9.17) is 16.3 Å². The lowest BCUT2D eigenvalue weighted by Gasteiger charge is -2.07. The number of rotatable bonds is 4. The molecule has 102 valence electrons. The minimum atomic E-state index is -0.120. The zero-order chi connectivity index (χ0) is 13.9. The summed E-state index contributed by atoms with van der Waals surface area (Å²) in [6.07, 6.45) is 0. The van der Waals surface area contributed by atoms with Gasteiger partial charge in [0.15, 0.2) is 0 Å². The highest BCUT2D eigenvalue weighted by Crippen LogP contribution is 2.15. The largest absolute Gasteiger partial charge is 0.492 e. The normalized spacial score (nSPS) is 10.8. The molecule has 3 aromatic rings. The first-order valence-corrected chi connectivity index (χ1v) is 6.68. The summed E-state index contributed by atoms with van der Waals surface area (Å²) in [5.74, 6) is 0.738. The van der Waals surface area contributed by atoms with Gasteiger partial charge in [0.25, 0.3) is 0 Å². The van der Waals surface area contributed by atoms with Crippen molar-refractivity contribution in [1.29, 1.82) is 0 Å². The maximum absolute atomic E-state index is 11.9. The first kappa shape index (κ1) is 12.8. The van der Waals surface area contributed by atoms with Crippen molar-refractivity contribution in [2.75, 3.05) is 6.61 Å². The highest BCUT2D eigenvalue weighted by Gasteiger charge is 2.05. The summed E-state index contributed by atoms with van der Waals surface area (Å²) in [6, 6.07) is 14.8. The van der Waals surface area contributed by atoms with Gasteiger partial charge in [0.05, 0.1) is 17.6 Å². The van der Waals surface area contributed by atoms with Gasteiger partial charge in [0.1, 0.15) is 12.4 Å². The zero-order valence-corrected chi connectivity index (χ0v) is 11.4. The average molecular weight is 289 g/mol. The predicted octanol–water partition coefficient (Wildman–Crippen LogP) is 3.06. The van der Waals surface area contributed by atoms with Crippen molar-refractivity contribution in [2.45, 2.75) is 6.54 Å². The first-order valence-electron chi connectivity index (χ1n) is 6.30. The van der Waals surface area contributed by atoms with Crippen LogP contribution in [-0.4, -0.2) is 16.2 Å². The number of ether oxygens (including phenoxy) is 1. The Morgan fingerprint density at radius 3 is 2.65 bits per heavy atom. The molecule has 0 radical (unpaired) electrons. The van der Waals surface area contributed by atoms with Gasteiger partial charge >= 0.3 is 5.69 Å². The van der Waals surface area contributed by atoms with E-state index in [2.05, 4.69) is 4.98 Å². The van der Waals surface area contributed by atoms with Crippen molar-refractivity contribution in [1.82, 2.24) is 9.55 Å². The summed E-state index contributed by atoms with van der Waals surface area (Å²) in [4.78, 5) is 14.7. The van der Waals surface area contributed by atoms with Crippen molar-refractivity contribution in [2.24, 2.45) is 0 Å². The Morgan fingerprint density at radius 2 is 1.85 bits per heavy atom. The summed E-state index contributed by atoms with van der Waals surface area (Å²) in [5, 5.41) is 0.671. The van der Waals surface area contributed by atoms with E-state index in [-0.39, 0.29) is 5.69 Å². The lowest BCUT2D eigenvalue weighted by atomic mass is 10.3. The number of nitrogens with zero attached hydrogens (tertiary/aromatic N) is 1. The molecular formula is C15H13ClN2O2. The second-order valence-electron chi connectivity index (χ2n) is 4.40. The number of benzene rings is 2. The maximum atomic E-state index is 11.9. The van der Waals surface area contributed by atoms with Gasteiger partial charge < -0.3 is 9.72 Å². The minimum Gasteiger partial charge on any atom is -0.492 e. The Hall–Kier alpha value is -2.20. The summed E-state index contributed by atoms with van der Waals surface area (Å²) in [5.41, 5.74) is 1.60. The van der Waals surface area contributed by atoms with Crippen LogP contribution in [0.5, 0.6) is 5.75 Å². The Morgan fingerprint density at radius 1 is 1.10 bits per heavy atom. The molecule has 0 atom stereocenters. The molecule has 0 fully saturated rings. The van der Waals surface area contributed by atoms with Crippen LogP contribution in [0.1, 0.15) is 0 Å². The minimum absolute atomic E-state index is 0.120. The van der Waals surface area contributed by atoms with Crippen molar-refractivity contribution >= 4 is 22.6 Å². The van der Waals surface area contributed by atoms with Gasteiger partial charge in [0.2, 0.25) is 0 Å². The summed E-state index contributed by atoms with van der Waals surface area (Å²) >= 11 is 5.81. The van der Waals surface area contributed by atoms with E-state index in [1.54, 1.807) is 28.8 Å². The van der Waals surface area contributed by atoms with E-state index in [0.29, 0.717) is 18.2 Å². The monoisotopic (exact) mass is 288 g/mol. The predicted molar refractivity (Wildman–Crippen MR) is 79.5 cm³/mol. The summed E-state index contributed by atoms with van der Waals surface area (Å²) in [6.45, 7) is 0.912. The van der Waals surface area contributed by atoms with Gasteiger partial charge in [-0.15, -0.1) is 0 Å². The summed E-state index contributed by atoms with van der Waals surface area (Å²) < 4.78 is 7.28. The Kier molecular flexibility index (Phi) is 3.48. The van der Waals surface area contributed by atoms with Crippen molar-refractivity contribution in [3.8, 4) is 5.75 Å². The SMILES string of the molecule is O=c1[nH]c2ccccc2n1CCOc1ccc(Cl)cc1. The molecule has 1 aromatic heterocycles. The second-order valence-corrected chi connectivity index (χ2v) is 4.84. The van der Waals surface area contributed by atoms with E-state index in [1.807, 2.05) is 24.3 Å². The molecule has 0 saturated heterocycles. The number of H-pyrrole nitrogens is 1. The standard InChI is InChI=1S/C15H13ClN2O2/c16-11-5-7-12(8-6-11)20-10-9-18-14-4-2-1-3-13(14)17-15(18)19/h1-8H,9-10H2,(H,17,19). The third kappa shape index (κ3) is 2.56. The van der Waals surface area contributed by atoms with Crippen LogP contribution in [-0.2, 0) is 6.54 Å². The van der Waals surface area contributed by atoms with Crippen molar-refractivity contribution in [3.63, 3.8) is 0 Å². The van der Waals surface area contributed by atoms with Crippen LogP contribution in [0, 0.1) is 0 Å². The van der Waals surface area contributed by atoms with E-state index >= 15 is 0 Å². The quantitative estimate of drug-likeness (QED) is 0.802. The number of halogens is 1. The number of nitrogens with one attached hydrogen (secondary N) is 1. The lowest BCUT2D eigenvalue weighted by Crippen LogP contribution is -2.20. The average Bonchev–Trinajstić information content (AvgIpc) is 2.77. The highest BCUT2D eigenvalue weighted by molar-refractivity contribution is 6.30. The van der Waals surface area contributed by atoms with Gasteiger partial charge in [-0.3, -0.25) is 4.57 Å². The van der Waals surface area contributed by atoms with Gasteiger partial charge in [-0.25, -0.2) is 4.79 Å². The zero-order valence-electron chi connectivity index (χ0n) is 10.7. The van der Waals surface area contributed by atoms with Gasteiger partial charge in [-0.2, -0.15) is 0 Å². The van der Waals surface area contributed by atoms with Crippen LogP contribution < -0.4 is 10.4 Å². The molecule has 4 nitrogen and oxygen atoms in total. The number of hydrogen-bond donors (Lipinski definition) is 1. The molecule has 3 rings (SSSR count). The molecule has 0 saturated carbocycles. The van der Waals surface area contributed by atoms with Crippen molar-refractivity contribution < 1.29 is 4.74 Å². The van der Waals surface area contributed by atoms with Gasteiger partial charge in [-0.05, 0) is 36.4 Å². The molecule has 0 aliphatic heterocycles. The molecule has 0 unspecified atom stereocenters. The first-order chi connectivity index (χ1) is 9.74. The van der Waals surface area contributed by atoms with E-state index < -0.39 is 0 Å². The van der Waals surface area contributed by atoms with Crippen LogP contribution in [0.25, 0.3) is 11.0 Å². The third-order valence-electron chi connectivity index (χ3n) is 3.08. The molecule has 0 aliphatic carbocycles. The van der Waals surface area contributed by atoms with Crippen LogP contribution >= 0.6 is 11.6 Å². The fraction of sp³-hybridized carbons (Fsp3) is 0.133. The number of imidazole rings is 1. The van der Waals surface area contributed by atoms with Crippen molar-refractivity contribution in [3.05, 3.63) is 64.0 Å². The molecule has 0 aliphatic rings. The molecule has 2 aromatic carbocycles. The Labute approximate surface area is 120 Å². The van der Waals surface area contributed by atoms with Crippen LogP contribution in [0.3, 0.4) is 0 Å². The fourth-order valence-corrected chi connectivity index (χ4v) is 2.24. The van der Waals surface area contributed by atoms with E-state index in [0.717, 1.165) is 16.8 Å². The molecule has 5 heteroatoms.